The van der Waals surface area contributed by atoms with Crippen LogP contribution in [0.25, 0.3) is 0 Å². The van der Waals surface area contributed by atoms with Gasteiger partial charge in [-0.3, -0.25) is 0 Å². The minimum absolute atomic E-state index is 0.0604. The lowest BCUT2D eigenvalue weighted by molar-refractivity contribution is 0.368. The van der Waals surface area contributed by atoms with E-state index in [1.165, 1.54) is 0 Å². The topological polar surface area (TPSA) is 45.0 Å². The second-order valence-corrected chi connectivity index (χ2v) is 5.80. The highest BCUT2D eigenvalue weighted by Crippen LogP contribution is 2.29. The van der Waals surface area contributed by atoms with Crippen LogP contribution in [0.3, 0.4) is 0 Å². The molecule has 0 saturated heterocycles. The summed E-state index contributed by atoms with van der Waals surface area (Å²) in [6.07, 6.45) is 0. The van der Waals surface area contributed by atoms with Crippen molar-refractivity contribution in [3.63, 3.8) is 0 Å². The van der Waals surface area contributed by atoms with Crippen molar-refractivity contribution in [1.29, 1.82) is 5.26 Å². The van der Waals surface area contributed by atoms with Crippen molar-refractivity contribution < 1.29 is 4.74 Å². The molecule has 5 heteroatoms. The third-order valence-electron chi connectivity index (χ3n) is 2.99. The Morgan fingerprint density at radius 2 is 2.00 bits per heavy atom. The lowest BCUT2D eigenvalue weighted by Crippen LogP contribution is -2.07. The van der Waals surface area contributed by atoms with Crippen molar-refractivity contribution in [3.8, 4) is 11.8 Å². The number of halogens is 2. The molecule has 2 aromatic carbocycles. The Morgan fingerprint density at radius 1 is 1.29 bits per heavy atom. The van der Waals surface area contributed by atoms with Crippen LogP contribution in [0.15, 0.2) is 46.9 Å². The van der Waals surface area contributed by atoms with Gasteiger partial charge in [0.1, 0.15) is 11.8 Å². The smallest absolute Gasteiger partial charge is 0.174 e. The van der Waals surface area contributed by atoms with Gasteiger partial charge in [0.25, 0.3) is 0 Å². The molecule has 0 amide bonds. The molecule has 0 fully saturated rings. The predicted octanol–water partition coefficient (Wildman–Crippen LogP) is 5.18. The van der Waals surface area contributed by atoms with Crippen LogP contribution in [-0.4, -0.2) is 6.61 Å². The second-order valence-electron chi connectivity index (χ2n) is 4.51. The highest BCUT2D eigenvalue weighted by atomic mass is 79.9. The van der Waals surface area contributed by atoms with Gasteiger partial charge in [-0.15, -0.1) is 0 Å². The van der Waals surface area contributed by atoms with E-state index in [9.17, 15) is 0 Å². The van der Waals surface area contributed by atoms with Crippen LogP contribution >= 0.6 is 27.5 Å². The van der Waals surface area contributed by atoms with Crippen molar-refractivity contribution in [2.75, 3.05) is 11.9 Å². The van der Waals surface area contributed by atoms with Gasteiger partial charge in [-0.25, -0.2) is 0 Å². The number of anilines is 1. The van der Waals surface area contributed by atoms with Crippen LogP contribution in [0.5, 0.6) is 5.75 Å². The Morgan fingerprint density at radius 3 is 2.62 bits per heavy atom. The fourth-order valence-electron chi connectivity index (χ4n) is 1.89. The number of rotatable bonds is 5. The van der Waals surface area contributed by atoms with Gasteiger partial charge in [-0.2, -0.15) is 5.26 Å². The van der Waals surface area contributed by atoms with Gasteiger partial charge in [-0.05, 0) is 58.7 Å². The first kappa shape index (κ1) is 15.7. The zero-order chi connectivity index (χ0) is 15.2. The van der Waals surface area contributed by atoms with Crippen LogP contribution in [0, 0.1) is 11.3 Å². The Labute approximate surface area is 137 Å². The molecular weight excluding hydrogens is 352 g/mol. The first-order valence-corrected chi connectivity index (χ1v) is 7.58. The molecule has 0 heterocycles. The van der Waals surface area contributed by atoms with Crippen molar-refractivity contribution >= 4 is 33.2 Å². The summed E-state index contributed by atoms with van der Waals surface area (Å²) in [4.78, 5) is 0. The molecule has 0 spiro atoms. The lowest BCUT2D eigenvalue weighted by Gasteiger charge is -2.17. The van der Waals surface area contributed by atoms with E-state index in [1.54, 1.807) is 0 Å². The summed E-state index contributed by atoms with van der Waals surface area (Å²) in [5, 5.41) is 12.6. The molecule has 0 aliphatic carbocycles. The first-order valence-electron chi connectivity index (χ1n) is 6.41. The third kappa shape index (κ3) is 4.38. The summed E-state index contributed by atoms with van der Waals surface area (Å²) in [7, 11) is 0. The number of ether oxygens (including phenoxy) is 1. The number of nitrogens with zero attached hydrogens (tertiary/aromatic N) is 1. The SMILES string of the molecule is CC(Nc1ccc(Cl)cc1Br)c1ccc(OCC#N)cc1. The molecule has 1 atom stereocenters. The maximum absolute atomic E-state index is 8.48. The molecule has 0 aliphatic rings. The monoisotopic (exact) mass is 364 g/mol. The number of nitrogens with one attached hydrogen (secondary N) is 1. The third-order valence-corrected chi connectivity index (χ3v) is 3.88. The molecule has 3 nitrogen and oxygen atoms in total. The summed E-state index contributed by atoms with van der Waals surface area (Å²) < 4.78 is 6.16. The second kappa shape index (κ2) is 7.35. The molecule has 0 saturated carbocycles. The highest BCUT2D eigenvalue weighted by Gasteiger charge is 2.08. The van der Waals surface area contributed by atoms with Crippen LogP contribution in [0.2, 0.25) is 5.02 Å². The lowest BCUT2D eigenvalue weighted by atomic mass is 10.1. The van der Waals surface area contributed by atoms with Gasteiger partial charge < -0.3 is 10.1 Å². The predicted molar refractivity (Wildman–Crippen MR) is 88.7 cm³/mol. The van der Waals surface area contributed by atoms with Crippen molar-refractivity contribution in [3.05, 3.63) is 57.5 Å². The molecular formula is C16H14BrClN2O. The van der Waals surface area contributed by atoms with Gasteiger partial charge >= 0.3 is 0 Å². The number of nitriles is 1. The molecule has 21 heavy (non-hydrogen) atoms. The number of hydrogen-bond donors (Lipinski definition) is 1. The van der Waals surface area contributed by atoms with Crippen LogP contribution < -0.4 is 10.1 Å². The Kier molecular flexibility index (Phi) is 5.49. The molecule has 2 rings (SSSR count). The van der Waals surface area contributed by atoms with Crippen molar-refractivity contribution in [2.45, 2.75) is 13.0 Å². The molecule has 0 aliphatic heterocycles. The van der Waals surface area contributed by atoms with E-state index in [4.69, 9.17) is 21.6 Å². The fourth-order valence-corrected chi connectivity index (χ4v) is 2.69. The quantitative estimate of drug-likeness (QED) is 0.794. The van der Waals surface area contributed by atoms with Gasteiger partial charge in [0.15, 0.2) is 6.61 Å². The van der Waals surface area contributed by atoms with E-state index >= 15 is 0 Å². The molecule has 0 radical (unpaired) electrons. The Balaban J connectivity index is 2.06. The van der Waals surface area contributed by atoms with Crippen LogP contribution in [-0.2, 0) is 0 Å². The molecule has 0 aromatic heterocycles. The zero-order valence-corrected chi connectivity index (χ0v) is 13.8. The van der Waals surface area contributed by atoms with Crippen molar-refractivity contribution in [1.82, 2.24) is 0 Å². The highest BCUT2D eigenvalue weighted by molar-refractivity contribution is 9.10. The maximum atomic E-state index is 8.48. The minimum Gasteiger partial charge on any atom is -0.479 e. The van der Waals surface area contributed by atoms with Gasteiger partial charge in [-0.1, -0.05) is 23.7 Å². The average molecular weight is 366 g/mol. The Hall–Kier alpha value is -1.70. The molecule has 1 unspecified atom stereocenters. The average Bonchev–Trinajstić information content (AvgIpc) is 2.48. The van der Waals surface area contributed by atoms with E-state index in [-0.39, 0.29) is 12.6 Å². The fraction of sp³-hybridized carbons (Fsp3) is 0.188. The van der Waals surface area contributed by atoms with E-state index in [1.807, 2.05) is 48.5 Å². The standard InChI is InChI=1S/C16H14BrClN2O/c1-11(20-16-7-4-13(18)10-15(16)17)12-2-5-14(6-3-12)21-9-8-19/h2-7,10-11,20H,9H2,1H3. The van der Waals surface area contributed by atoms with Crippen LogP contribution in [0.4, 0.5) is 5.69 Å². The van der Waals surface area contributed by atoms with Gasteiger partial charge in [0.2, 0.25) is 0 Å². The molecule has 1 N–H and O–H groups in total. The summed E-state index contributed by atoms with van der Waals surface area (Å²) in [5.41, 5.74) is 2.11. The summed E-state index contributed by atoms with van der Waals surface area (Å²) in [6, 6.07) is 15.4. The van der Waals surface area contributed by atoms with Gasteiger partial charge in [0, 0.05) is 21.2 Å². The zero-order valence-electron chi connectivity index (χ0n) is 11.4. The normalized spacial score (nSPS) is 11.5. The largest absolute Gasteiger partial charge is 0.479 e. The van der Waals surface area contributed by atoms with E-state index in [2.05, 4.69) is 28.2 Å². The maximum Gasteiger partial charge on any atom is 0.174 e. The minimum atomic E-state index is 0.0604. The van der Waals surface area contributed by atoms with E-state index in [0.717, 1.165) is 15.7 Å². The summed E-state index contributed by atoms with van der Waals surface area (Å²) in [6.45, 7) is 2.14. The van der Waals surface area contributed by atoms with E-state index < -0.39 is 0 Å². The molecule has 2 aromatic rings. The number of benzene rings is 2. The van der Waals surface area contributed by atoms with E-state index in [0.29, 0.717) is 10.8 Å². The van der Waals surface area contributed by atoms with Crippen LogP contribution in [0.1, 0.15) is 18.5 Å². The number of hydrogen-bond acceptors (Lipinski definition) is 3. The molecule has 0 bridgehead atoms. The molecule has 108 valence electrons. The van der Waals surface area contributed by atoms with Gasteiger partial charge in [0.05, 0.1) is 0 Å². The summed E-state index contributed by atoms with van der Waals surface area (Å²) in [5.74, 6) is 0.695. The van der Waals surface area contributed by atoms with Crippen molar-refractivity contribution in [2.24, 2.45) is 0 Å². The Bertz CT molecular complexity index is 652. The summed E-state index contributed by atoms with van der Waals surface area (Å²) >= 11 is 9.43. The first-order chi connectivity index (χ1) is 10.1.